The van der Waals surface area contributed by atoms with Crippen LogP contribution in [0, 0.1) is 20.8 Å². The lowest BCUT2D eigenvalue weighted by molar-refractivity contribution is 0.107. The van der Waals surface area contributed by atoms with Crippen LogP contribution in [0.15, 0.2) is 109 Å². The molecule has 0 bridgehead atoms. The molecule has 0 heterocycles. The van der Waals surface area contributed by atoms with Gasteiger partial charge in [0.15, 0.2) is 0 Å². The van der Waals surface area contributed by atoms with E-state index in [0.29, 0.717) is 16.2 Å². The van der Waals surface area contributed by atoms with Gasteiger partial charge in [0, 0.05) is 16.2 Å². The van der Waals surface area contributed by atoms with Crippen molar-refractivity contribution in [3.63, 3.8) is 0 Å². The van der Waals surface area contributed by atoms with Gasteiger partial charge in [-0.15, -0.1) is 0 Å². The normalized spacial score (nSPS) is 10.7. The molecule has 0 aliphatic rings. The molecule has 0 spiro atoms. The molecule has 0 aliphatic carbocycles. The molecule has 0 unspecified atom stereocenters. The lowest BCUT2D eigenvalue weighted by atomic mass is 10.1. The molecule has 3 heteroatoms. The van der Waals surface area contributed by atoms with Crippen molar-refractivity contribution < 1.29 is 9.36 Å². The van der Waals surface area contributed by atoms with E-state index in [4.69, 9.17) is 0 Å². The molecule has 0 saturated carbocycles. The molecule has 0 amide bonds. The fraction of sp³-hybridized carbons (Fsp3) is 0.107. The van der Waals surface area contributed by atoms with E-state index < -0.39 is 7.14 Å². The van der Waals surface area contributed by atoms with Crippen LogP contribution in [0.3, 0.4) is 0 Å². The van der Waals surface area contributed by atoms with E-state index in [9.17, 15) is 9.36 Å². The summed E-state index contributed by atoms with van der Waals surface area (Å²) in [6.45, 7) is 6.38. The zero-order chi connectivity index (χ0) is 22.3. The number of hydrogen-bond donors (Lipinski definition) is 0. The van der Waals surface area contributed by atoms with Gasteiger partial charge in [0.1, 0.15) is 0 Å². The van der Waals surface area contributed by atoms with Gasteiger partial charge in [0.25, 0.3) is 0 Å². The van der Waals surface area contributed by atoms with Crippen molar-refractivity contribution in [1.82, 2.24) is 0 Å². The monoisotopic (exact) mass is 426 g/mol. The Morgan fingerprint density at radius 1 is 0.548 bits per heavy atom. The van der Waals surface area contributed by atoms with E-state index in [2.05, 4.69) is 39.0 Å². The second kappa shape index (κ2) is 10.2. The molecular weight excluding hydrogens is 399 g/mol. The maximum atomic E-state index is 13.8. The molecule has 4 aromatic carbocycles. The van der Waals surface area contributed by atoms with Gasteiger partial charge >= 0.3 is 0 Å². The molecule has 0 radical (unpaired) electrons. The van der Waals surface area contributed by atoms with Gasteiger partial charge in [-0.05, 0) is 20.8 Å². The minimum Gasteiger partial charge on any atom is -0.305 e. The smallest absolute Gasteiger partial charge is 0.230 e. The lowest BCUT2D eigenvalue weighted by Gasteiger charge is -2.18. The van der Waals surface area contributed by atoms with Gasteiger partial charge in [-0.25, -0.2) is 0 Å². The Hall–Kier alpha value is -3.22. The molecule has 0 aliphatic heterocycles. The largest absolute Gasteiger partial charge is 0.305 e. The van der Waals surface area contributed by atoms with E-state index in [1.54, 1.807) is 48.5 Å². The van der Waals surface area contributed by atoms with Crippen LogP contribution in [-0.4, -0.2) is 5.52 Å². The van der Waals surface area contributed by atoms with Crippen LogP contribution in [0.1, 0.15) is 27.0 Å². The fourth-order valence-electron chi connectivity index (χ4n) is 3.62. The summed E-state index contributed by atoms with van der Waals surface area (Å²) in [6, 6.07) is 33.4. The molecule has 2 nitrogen and oxygen atoms in total. The quantitative estimate of drug-likeness (QED) is 0.351. The van der Waals surface area contributed by atoms with Crippen LogP contribution in [0.25, 0.3) is 0 Å². The highest BCUT2D eigenvalue weighted by molar-refractivity contribution is 7.93. The Labute approximate surface area is 185 Å². The highest BCUT2D eigenvalue weighted by Crippen LogP contribution is 2.46. The summed E-state index contributed by atoms with van der Waals surface area (Å²) in [7, 11) is -3.38. The van der Waals surface area contributed by atoms with E-state index >= 15 is 0 Å². The van der Waals surface area contributed by atoms with E-state index in [0.717, 1.165) is 0 Å². The highest BCUT2D eigenvalue weighted by atomic mass is 31.2. The second-order valence-electron chi connectivity index (χ2n) is 7.62. The number of carbonyl (C=O) groups excluding carboxylic acids is 1. The first-order valence-electron chi connectivity index (χ1n) is 10.3. The SMILES string of the molecule is Cc1cc(C)cc(C)c1.O=C(c1ccccc1)P(=O)(c1ccccc1)c1ccccc1. The maximum Gasteiger partial charge on any atom is 0.230 e. The van der Waals surface area contributed by atoms with Crippen molar-refractivity contribution in [2.45, 2.75) is 20.8 Å². The van der Waals surface area contributed by atoms with Crippen molar-refractivity contribution in [1.29, 1.82) is 0 Å². The van der Waals surface area contributed by atoms with Gasteiger partial charge in [-0.3, -0.25) is 4.79 Å². The van der Waals surface area contributed by atoms with Crippen molar-refractivity contribution in [3.05, 3.63) is 131 Å². The fourth-order valence-corrected chi connectivity index (χ4v) is 6.09. The summed E-state index contributed by atoms with van der Waals surface area (Å²) in [5.41, 5.74) is 4.21. The van der Waals surface area contributed by atoms with Crippen molar-refractivity contribution >= 4 is 23.3 Å². The molecule has 0 N–H and O–H groups in total. The number of carbonyl (C=O) groups is 1. The van der Waals surface area contributed by atoms with Crippen molar-refractivity contribution in [2.24, 2.45) is 0 Å². The Balaban J connectivity index is 0.000000254. The minimum absolute atomic E-state index is 0.328. The first-order chi connectivity index (χ1) is 14.9. The highest BCUT2D eigenvalue weighted by Gasteiger charge is 2.36. The van der Waals surface area contributed by atoms with Crippen molar-refractivity contribution in [3.8, 4) is 0 Å². The molecule has 156 valence electrons. The summed E-state index contributed by atoms with van der Waals surface area (Å²) < 4.78 is 13.8. The van der Waals surface area contributed by atoms with Gasteiger partial charge in [0.05, 0.1) is 0 Å². The summed E-state index contributed by atoms with van der Waals surface area (Å²) in [5, 5.41) is 1.13. The van der Waals surface area contributed by atoms with Crippen molar-refractivity contribution in [2.75, 3.05) is 0 Å². The Morgan fingerprint density at radius 2 is 0.871 bits per heavy atom. The van der Waals surface area contributed by atoms with Gasteiger partial charge in [-0.1, -0.05) is 126 Å². The van der Waals surface area contributed by atoms with Crippen LogP contribution >= 0.6 is 7.14 Å². The summed E-state index contributed by atoms with van der Waals surface area (Å²) in [4.78, 5) is 13.0. The molecule has 4 rings (SSSR count). The minimum atomic E-state index is -3.38. The van der Waals surface area contributed by atoms with Crippen LogP contribution < -0.4 is 10.6 Å². The first-order valence-corrected chi connectivity index (χ1v) is 12.0. The first kappa shape index (κ1) is 22.5. The average Bonchev–Trinajstić information content (AvgIpc) is 2.79. The Morgan fingerprint density at radius 3 is 1.23 bits per heavy atom. The molecule has 0 fully saturated rings. The number of hydrogen-bond acceptors (Lipinski definition) is 2. The predicted octanol–water partition coefficient (Wildman–Crippen LogP) is 6.45. The van der Waals surface area contributed by atoms with Gasteiger partial charge in [-0.2, -0.15) is 0 Å². The number of aryl methyl sites for hydroxylation is 3. The van der Waals surface area contributed by atoms with Crippen LogP contribution in [0.2, 0.25) is 0 Å². The average molecular weight is 426 g/mol. The standard InChI is InChI=1S/C19H15O2P.C9H12/c20-19(16-10-4-1-5-11-16)22(21,17-12-6-2-7-13-17)18-14-8-3-9-15-18;1-7-4-8(2)6-9(3)5-7/h1-15H;4-6H,1-3H3. The third-order valence-corrected chi connectivity index (χ3v) is 7.79. The number of rotatable bonds is 4. The van der Waals surface area contributed by atoms with E-state index in [1.165, 1.54) is 16.7 Å². The van der Waals surface area contributed by atoms with Gasteiger partial charge < -0.3 is 4.57 Å². The van der Waals surface area contributed by atoms with E-state index in [1.807, 2.05) is 42.5 Å². The van der Waals surface area contributed by atoms with Crippen LogP contribution in [0.5, 0.6) is 0 Å². The van der Waals surface area contributed by atoms with Crippen LogP contribution in [-0.2, 0) is 4.57 Å². The Kier molecular flexibility index (Phi) is 7.39. The summed E-state index contributed by atoms with van der Waals surface area (Å²) >= 11 is 0. The topological polar surface area (TPSA) is 34.1 Å². The van der Waals surface area contributed by atoms with Crippen LogP contribution in [0.4, 0.5) is 0 Å². The molecule has 0 saturated heterocycles. The predicted molar refractivity (Wildman–Crippen MR) is 131 cm³/mol. The summed E-state index contributed by atoms with van der Waals surface area (Å²) in [6.07, 6.45) is 0. The third kappa shape index (κ3) is 5.48. The Bertz CT molecular complexity index is 1090. The number of benzene rings is 4. The second-order valence-corrected chi connectivity index (χ2v) is 10.3. The lowest BCUT2D eigenvalue weighted by Crippen LogP contribution is -2.22. The molecule has 0 aromatic heterocycles. The summed E-state index contributed by atoms with van der Waals surface area (Å²) in [5.74, 6) is 0. The molecule has 4 aromatic rings. The van der Waals surface area contributed by atoms with Gasteiger partial charge in [0.2, 0.25) is 12.7 Å². The molecule has 0 atom stereocenters. The molecular formula is C28H27O2P. The molecule has 31 heavy (non-hydrogen) atoms. The van der Waals surface area contributed by atoms with E-state index in [-0.39, 0.29) is 5.52 Å². The third-order valence-electron chi connectivity index (χ3n) is 4.91. The zero-order valence-electron chi connectivity index (χ0n) is 18.2. The maximum absolute atomic E-state index is 13.8. The zero-order valence-corrected chi connectivity index (χ0v) is 19.1.